The van der Waals surface area contributed by atoms with Crippen molar-refractivity contribution < 1.29 is 17.6 Å². The first-order valence-electron chi connectivity index (χ1n) is 8.42. The Labute approximate surface area is 157 Å². The Hall–Kier alpha value is -2.59. The van der Waals surface area contributed by atoms with Crippen LogP contribution in [0, 0.1) is 12.7 Å². The quantitative estimate of drug-likeness (QED) is 0.797. The van der Waals surface area contributed by atoms with Crippen molar-refractivity contribution in [2.75, 3.05) is 37.6 Å². The number of carbonyl (C=O) groups is 1. The fourth-order valence-corrected chi connectivity index (χ4v) is 4.07. The minimum absolute atomic E-state index is 0.0391. The number of benzene rings is 1. The molecule has 8 nitrogen and oxygen atoms in total. The molecule has 0 spiro atoms. The zero-order valence-electron chi connectivity index (χ0n) is 14.8. The van der Waals surface area contributed by atoms with Gasteiger partial charge in [-0.3, -0.25) is 4.79 Å². The second-order valence-corrected chi connectivity index (χ2v) is 7.89. The molecule has 1 aliphatic rings. The smallest absolute Gasteiger partial charge is 0.241 e. The molecule has 0 aliphatic carbocycles. The molecule has 0 bridgehead atoms. The van der Waals surface area contributed by atoms with Gasteiger partial charge in [0.15, 0.2) is 0 Å². The fourth-order valence-electron chi connectivity index (χ4n) is 2.87. The summed E-state index contributed by atoms with van der Waals surface area (Å²) in [6, 6.07) is 5.14. The van der Waals surface area contributed by atoms with Gasteiger partial charge in [0.05, 0.1) is 11.4 Å². The molecule has 0 unspecified atom stereocenters. The van der Waals surface area contributed by atoms with Crippen molar-refractivity contribution in [3.63, 3.8) is 0 Å². The average molecular weight is 393 g/mol. The van der Waals surface area contributed by atoms with Gasteiger partial charge >= 0.3 is 0 Å². The summed E-state index contributed by atoms with van der Waals surface area (Å²) >= 11 is 0. The molecule has 0 saturated carbocycles. The summed E-state index contributed by atoms with van der Waals surface area (Å²) in [6.45, 7) is 3.20. The van der Waals surface area contributed by atoms with E-state index in [1.165, 1.54) is 13.0 Å². The van der Waals surface area contributed by atoms with Gasteiger partial charge in [0.25, 0.3) is 0 Å². The van der Waals surface area contributed by atoms with Crippen molar-refractivity contribution in [2.45, 2.75) is 11.8 Å². The minimum Gasteiger partial charge on any atom is -0.338 e. The molecule has 0 atom stereocenters. The highest BCUT2D eigenvalue weighted by molar-refractivity contribution is 7.89. The number of aromatic nitrogens is 2. The number of hydrogen-bond donors (Lipinski definition) is 1. The largest absolute Gasteiger partial charge is 0.338 e. The summed E-state index contributed by atoms with van der Waals surface area (Å²) < 4.78 is 40.2. The molecule has 2 aromatic rings. The maximum atomic E-state index is 13.2. The van der Waals surface area contributed by atoms with Crippen LogP contribution >= 0.6 is 0 Å². The molecule has 3 rings (SSSR count). The number of halogens is 1. The second kappa shape index (κ2) is 7.97. The predicted molar refractivity (Wildman–Crippen MR) is 97.2 cm³/mol. The van der Waals surface area contributed by atoms with Gasteiger partial charge in [-0.1, -0.05) is 0 Å². The number of sulfonamides is 1. The third kappa shape index (κ3) is 4.58. The molecular formula is C17H20FN5O3S. The molecule has 1 amide bonds. The van der Waals surface area contributed by atoms with Gasteiger partial charge in [0, 0.05) is 38.6 Å². The van der Waals surface area contributed by atoms with Crippen LogP contribution in [0.5, 0.6) is 0 Å². The van der Waals surface area contributed by atoms with Crippen LogP contribution in [0.25, 0.3) is 0 Å². The molecule has 1 fully saturated rings. The SMILES string of the molecule is Cc1cc(F)ccc1S(=O)(=O)NCC(=O)N1CCN(c2ncccn2)CC1. The molecule has 0 radical (unpaired) electrons. The van der Waals surface area contributed by atoms with Crippen LogP contribution in [0.3, 0.4) is 0 Å². The van der Waals surface area contributed by atoms with E-state index in [1.807, 2.05) is 4.90 Å². The molecule has 1 saturated heterocycles. The Bertz CT molecular complexity index is 915. The first-order chi connectivity index (χ1) is 12.9. The van der Waals surface area contributed by atoms with Gasteiger partial charge in [-0.25, -0.2) is 27.5 Å². The zero-order chi connectivity index (χ0) is 19.4. The first kappa shape index (κ1) is 19.2. The highest BCUT2D eigenvalue weighted by Gasteiger charge is 2.24. The number of nitrogens with one attached hydrogen (secondary N) is 1. The third-order valence-electron chi connectivity index (χ3n) is 4.31. The van der Waals surface area contributed by atoms with Gasteiger partial charge in [0.1, 0.15) is 5.82 Å². The summed E-state index contributed by atoms with van der Waals surface area (Å²) in [5.74, 6) is -0.216. The van der Waals surface area contributed by atoms with E-state index in [2.05, 4.69) is 14.7 Å². The van der Waals surface area contributed by atoms with Crippen molar-refractivity contribution in [2.24, 2.45) is 0 Å². The van der Waals surface area contributed by atoms with Gasteiger partial charge in [0.2, 0.25) is 21.9 Å². The average Bonchev–Trinajstić information content (AvgIpc) is 2.67. The van der Waals surface area contributed by atoms with Crippen molar-refractivity contribution in [1.82, 2.24) is 19.6 Å². The van der Waals surface area contributed by atoms with Gasteiger partial charge in [-0.05, 0) is 36.8 Å². The number of amides is 1. The lowest BCUT2D eigenvalue weighted by Gasteiger charge is -2.34. The molecule has 1 aliphatic heterocycles. The number of carbonyl (C=O) groups excluding carboxylic acids is 1. The maximum absolute atomic E-state index is 13.2. The summed E-state index contributed by atoms with van der Waals surface area (Å²) in [5.41, 5.74) is 0.284. The van der Waals surface area contributed by atoms with Crippen LogP contribution in [0.1, 0.15) is 5.56 Å². The molecule has 144 valence electrons. The molecule has 1 aromatic carbocycles. The summed E-state index contributed by atoms with van der Waals surface area (Å²) in [4.78, 5) is 24.2. The number of anilines is 1. The lowest BCUT2D eigenvalue weighted by atomic mass is 10.2. The number of rotatable bonds is 5. The topological polar surface area (TPSA) is 95.5 Å². The van der Waals surface area contributed by atoms with E-state index in [-0.39, 0.29) is 22.9 Å². The molecule has 2 heterocycles. The monoisotopic (exact) mass is 393 g/mol. The Morgan fingerprint density at radius 3 is 2.48 bits per heavy atom. The number of piperazine rings is 1. The molecule has 10 heteroatoms. The Morgan fingerprint density at radius 2 is 1.85 bits per heavy atom. The summed E-state index contributed by atoms with van der Waals surface area (Å²) in [6.07, 6.45) is 3.32. The fraction of sp³-hybridized carbons (Fsp3) is 0.353. The highest BCUT2D eigenvalue weighted by Crippen LogP contribution is 2.16. The Morgan fingerprint density at radius 1 is 1.19 bits per heavy atom. The van der Waals surface area contributed by atoms with E-state index < -0.39 is 15.8 Å². The molecular weight excluding hydrogens is 373 g/mol. The van der Waals surface area contributed by atoms with Crippen LogP contribution in [0.15, 0.2) is 41.6 Å². The van der Waals surface area contributed by atoms with Crippen molar-refractivity contribution in [3.8, 4) is 0 Å². The lowest BCUT2D eigenvalue weighted by Crippen LogP contribution is -2.51. The van der Waals surface area contributed by atoms with Gasteiger partial charge in [-0.2, -0.15) is 0 Å². The van der Waals surface area contributed by atoms with Crippen LogP contribution in [0.4, 0.5) is 10.3 Å². The number of nitrogens with zero attached hydrogens (tertiary/aromatic N) is 4. The standard InChI is InChI=1S/C17H20FN5O3S/c1-13-11-14(18)3-4-15(13)27(25,26)21-12-16(24)22-7-9-23(10-8-22)17-19-5-2-6-20-17/h2-6,11,21H,7-10,12H2,1H3. The predicted octanol–water partition coefficient (Wildman–Crippen LogP) is 0.551. The minimum atomic E-state index is -3.89. The second-order valence-electron chi connectivity index (χ2n) is 6.15. The Kier molecular flexibility index (Phi) is 5.66. The van der Waals surface area contributed by atoms with Crippen LogP contribution in [-0.4, -0.2) is 61.9 Å². The van der Waals surface area contributed by atoms with Gasteiger partial charge in [-0.15, -0.1) is 0 Å². The van der Waals surface area contributed by atoms with Crippen LogP contribution < -0.4 is 9.62 Å². The van der Waals surface area contributed by atoms with E-state index in [0.717, 1.165) is 12.1 Å². The number of aryl methyl sites for hydroxylation is 1. The molecule has 27 heavy (non-hydrogen) atoms. The highest BCUT2D eigenvalue weighted by atomic mass is 32.2. The van der Waals surface area contributed by atoms with E-state index in [9.17, 15) is 17.6 Å². The maximum Gasteiger partial charge on any atom is 0.241 e. The normalized spacial score (nSPS) is 15.0. The lowest BCUT2D eigenvalue weighted by molar-refractivity contribution is -0.130. The first-order valence-corrected chi connectivity index (χ1v) is 9.91. The Balaban J connectivity index is 1.55. The third-order valence-corrected chi connectivity index (χ3v) is 5.87. The zero-order valence-corrected chi connectivity index (χ0v) is 15.6. The summed E-state index contributed by atoms with van der Waals surface area (Å²) in [7, 11) is -3.89. The summed E-state index contributed by atoms with van der Waals surface area (Å²) in [5, 5.41) is 0. The van der Waals surface area contributed by atoms with Crippen LogP contribution in [0.2, 0.25) is 0 Å². The van der Waals surface area contributed by atoms with E-state index in [0.29, 0.717) is 32.1 Å². The van der Waals surface area contributed by atoms with Gasteiger partial charge < -0.3 is 9.80 Å². The van der Waals surface area contributed by atoms with E-state index in [4.69, 9.17) is 0 Å². The van der Waals surface area contributed by atoms with E-state index >= 15 is 0 Å². The molecule has 1 aromatic heterocycles. The number of hydrogen-bond acceptors (Lipinski definition) is 6. The van der Waals surface area contributed by atoms with Crippen molar-refractivity contribution in [3.05, 3.63) is 48.0 Å². The van der Waals surface area contributed by atoms with Crippen LogP contribution in [-0.2, 0) is 14.8 Å². The van der Waals surface area contributed by atoms with Crippen molar-refractivity contribution >= 4 is 21.9 Å². The molecule has 1 N–H and O–H groups in total. The van der Waals surface area contributed by atoms with Crippen molar-refractivity contribution in [1.29, 1.82) is 0 Å². The van der Waals surface area contributed by atoms with E-state index in [1.54, 1.807) is 23.4 Å².